The van der Waals surface area contributed by atoms with E-state index in [2.05, 4.69) is 6.58 Å². The maximum absolute atomic E-state index is 11.8. The summed E-state index contributed by atoms with van der Waals surface area (Å²) >= 11 is 0. The summed E-state index contributed by atoms with van der Waals surface area (Å²) in [7, 11) is 4.46. The Hall–Kier alpha value is -2.94. The number of carbonyl (C=O) groups excluding carboxylic acids is 1. The Morgan fingerprint density at radius 1 is 1.18 bits per heavy atom. The summed E-state index contributed by atoms with van der Waals surface area (Å²) in [6, 6.07) is 5.01. The topological polar surface area (TPSA) is 77.8 Å². The van der Waals surface area contributed by atoms with Gasteiger partial charge in [0.25, 0.3) is 0 Å². The number of hydrogen-bond donors (Lipinski definition) is 0. The van der Waals surface area contributed by atoms with Gasteiger partial charge in [0.15, 0.2) is 11.5 Å². The van der Waals surface area contributed by atoms with E-state index in [0.717, 1.165) is 0 Å². The molecule has 0 aliphatic heterocycles. The summed E-state index contributed by atoms with van der Waals surface area (Å²) < 4.78 is 20.4. The summed E-state index contributed by atoms with van der Waals surface area (Å²) in [4.78, 5) is 11.8. The Morgan fingerprint density at radius 2 is 1.77 bits per heavy atom. The molecule has 0 atom stereocenters. The fraction of sp³-hybridized carbons (Fsp3) is 0.250. The standard InChI is InChI=1S/C16H17NO5/c1-5-6-22-16(18)12(10-17)7-11-8-14(20-3)15(21-4)9-13(11)19-2/h5,7-9H,1,6H2,2-4H3/b12-7+. The van der Waals surface area contributed by atoms with E-state index in [1.54, 1.807) is 18.2 Å². The van der Waals surface area contributed by atoms with E-state index >= 15 is 0 Å². The number of ether oxygens (including phenoxy) is 4. The normalized spacial score (nSPS) is 10.4. The largest absolute Gasteiger partial charge is 0.496 e. The van der Waals surface area contributed by atoms with Crippen LogP contribution >= 0.6 is 0 Å². The quantitative estimate of drug-likeness (QED) is 0.333. The number of methoxy groups -OCH3 is 3. The van der Waals surface area contributed by atoms with Crippen LogP contribution in [0.15, 0.2) is 30.4 Å². The minimum Gasteiger partial charge on any atom is -0.496 e. The van der Waals surface area contributed by atoms with Gasteiger partial charge >= 0.3 is 5.97 Å². The molecule has 116 valence electrons. The molecule has 0 saturated carbocycles. The molecule has 0 aliphatic carbocycles. The van der Waals surface area contributed by atoms with E-state index in [-0.39, 0.29) is 12.2 Å². The van der Waals surface area contributed by atoms with Crippen LogP contribution in [0.2, 0.25) is 0 Å². The lowest BCUT2D eigenvalue weighted by molar-refractivity contribution is -0.137. The summed E-state index contributed by atoms with van der Waals surface area (Å²) in [6.45, 7) is 3.47. The van der Waals surface area contributed by atoms with Crippen LogP contribution in [0.3, 0.4) is 0 Å². The van der Waals surface area contributed by atoms with Crippen LogP contribution in [0.25, 0.3) is 6.08 Å². The molecule has 6 nitrogen and oxygen atoms in total. The summed E-state index contributed by atoms with van der Waals surface area (Å²) in [5, 5.41) is 9.11. The molecule has 0 bridgehead atoms. The number of carbonyl (C=O) groups is 1. The van der Waals surface area contributed by atoms with Crippen molar-refractivity contribution in [2.45, 2.75) is 0 Å². The number of esters is 1. The maximum atomic E-state index is 11.8. The van der Waals surface area contributed by atoms with Crippen LogP contribution in [0.4, 0.5) is 0 Å². The fourth-order valence-corrected chi connectivity index (χ4v) is 1.67. The first-order chi connectivity index (χ1) is 10.6. The van der Waals surface area contributed by atoms with Gasteiger partial charge in [-0.05, 0) is 12.1 Å². The van der Waals surface area contributed by atoms with Gasteiger partial charge < -0.3 is 18.9 Å². The van der Waals surface area contributed by atoms with Gasteiger partial charge in [-0.15, -0.1) is 0 Å². The van der Waals surface area contributed by atoms with Crippen molar-refractivity contribution in [3.63, 3.8) is 0 Å². The minimum absolute atomic E-state index is 0.0287. The molecule has 0 N–H and O–H groups in total. The van der Waals surface area contributed by atoms with Crippen molar-refractivity contribution in [2.24, 2.45) is 0 Å². The first-order valence-electron chi connectivity index (χ1n) is 6.31. The lowest BCUT2D eigenvalue weighted by atomic mass is 10.1. The zero-order valence-corrected chi connectivity index (χ0v) is 12.7. The monoisotopic (exact) mass is 303 g/mol. The Balaban J connectivity index is 3.28. The van der Waals surface area contributed by atoms with Gasteiger partial charge in [-0.2, -0.15) is 5.26 Å². The van der Waals surface area contributed by atoms with Crippen molar-refractivity contribution in [3.8, 4) is 23.3 Å². The second-order valence-corrected chi connectivity index (χ2v) is 4.01. The molecule has 0 heterocycles. The number of nitriles is 1. The van der Waals surface area contributed by atoms with Crippen LogP contribution < -0.4 is 14.2 Å². The third-order valence-electron chi connectivity index (χ3n) is 2.71. The summed E-state index contributed by atoms with van der Waals surface area (Å²) in [6.07, 6.45) is 2.79. The molecule has 1 aromatic carbocycles. The van der Waals surface area contributed by atoms with Gasteiger partial charge in [0.05, 0.1) is 21.3 Å². The lowest BCUT2D eigenvalue weighted by Gasteiger charge is -2.12. The molecule has 6 heteroatoms. The van der Waals surface area contributed by atoms with Crippen LogP contribution in [0, 0.1) is 11.3 Å². The summed E-state index contributed by atoms with van der Waals surface area (Å²) in [5.41, 5.74) is 0.333. The van der Waals surface area contributed by atoms with Crippen LogP contribution in [-0.4, -0.2) is 33.9 Å². The third kappa shape index (κ3) is 4.03. The van der Waals surface area contributed by atoms with E-state index in [9.17, 15) is 4.79 Å². The Labute approximate surface area is 129 Å². The molecule has 0 aromatic heterocycles. The van der Waals surface area contributed by atoms with Gasteiger partial charge in [0, 0.05) is 11.6 Å². The second kappa shape index (κ2) is 8.37. The minimum atomic E-state index is -0.737. The highest BCUT2D eigenvalue weighted by Gasteiger charge is 2.15. The average Bonchev–Trinajstić information content (AvgIpc) is 2.56. The van der Waals surface area contributed by atoms with E-state index in [0.29, 0.717) is 22.8 Å². The molecule has 0 radical (unpaired) electrons. The van der Waals surface area contributed by atoms with Gasteiger partial charge in [-0.1, -0.05) is 12.7 Å². The first-order valence-corrected chi connectivity index (χ1v) is 6.31. The van der Waals surface area contributed by atoms with Gasteiger partial charge in [0.1, 0.15) is 24.0 Å². The number of benzene rings is 1. The highest BCUT2D eigenvalue weighted by molar-refractivity contribution is 5.98. The van der Waals surface area contributed by atoms with Crippen molar-refractivity contribution < 1.29 is 23.7 Å². The first kappa shape index (κ1) is 17.1. The third-order valence-corrected chi connectivity index (χ3v) is 2.71. The molecule has 1 rings (SSSR count). The predicted octanol–water partition coefficient (Wildman–Crippen LogP) is 2.35. The zero-order valence-electron chi connectivity index (χ0n) is 12.7. The molecule has 0 aliphatic rings. The van der Waals surface area contributed by atoms with E-state index in [1.165, 1.54) is 33.5 Å². The number of nitrogens with zero attached hydrogens (tertiary/aromatic N) is 1. The lowest BCUT2D eigenvalue weighted by Crippen LogP contribution is -2.06. The molecular weight excluding hydrogens is 286 g/mol. The Bertz CT molecular complexity index is 628. The fourth-order valence-electron chi connectivity index (χ4n) is 1.67. The molecule has 22 heavy (non-hydrogen) atoms. The van der Waals surface area contributed by atoms with Gasteiger partial charge in [-0.3, -0.25) is 0 Å². The molecule has 0 spiro atoms. The highest BCUT2D eigenvalue weighted by atomic mass is 16.5. The molecule has 0 amide bonds. The van der Waals surface area contributed by atoms with E-state index in [4.69, 9.17) is 24.2 Å². The maximum Gasteiger partial charge on any atom is 0.349 e. The summed E-state index contributed by atoms with van der Waals surface area (Å²) in [5.74, 6) is 0.622. The van der Waals surface area contributed by atoms with Crippen molar-refractivity contribution in [2.75, 3.05) is 27.9 Å². The van der Waals surface area contributed by atoms with Gasteiger partial charge in [0.2, 0.25) is 0 Å². The van der Waals surface area contributed by atoms with Crippen molar-refractivity contribution in [3.05, 3.63) is 35.9 Å². The predicted molar refractivity (Wildman–Crippen MR) is 80.8 cm³/mol. The highest BCUT2D eigenvalue weighted by Crippen LogP contribution is 2.35. The van der Waals surface area contributed by atoms with Crippen molar-refractivity contribution >= 4 is 12.0 Å². The van der Waals surface area contributed by atoms with E-state index in [1.807, 2.05) is 0 Å². The average molecular weight is 303 g/mol. The molecule has 0 unspecified atom stereocenters. The number of hydrogen-bond acceptors (Lipinski definition) is 6. The van der Waals surface area contributed by atoms with Crippen molar-refractivity contribution in [1.82, 2.24) is 0 Å². The SMILES string of the molecule is C=CCOC(=O)/C(C#N)=C/c1cc(OC)c(OC)cc1OC. The Kier molecular flexibility index (Phi) is 6.51. The number of rotatable bonds is 7. The zero-order chi connectivity index (χ0) is 16.5. The smallest absolute Gasteiger partial charge is 0.349 e. The second-order valence-electron chi connectivity index (χ2n) is 4.01. The van der Waals surface area contributed by atoms with E-state index < -0.39 is 5.97 Å². The molecule has 1 aromatic rings. The van der Waals surface area contributed by atoms with Crippen LogP contribution in [0.5, 0.6) is 17.2 Å². The Morgan fingerprint density at radius 3 is 2.27 bits per heavy atom. The molecule has 0 saturated heterocycles. The van der Waals surface area contributed by atoms with Crippen LogP contribution in [-0.2, 0) is 9.53 Å². The van der Waals surface area contributed by atoms with Crippen LogP contribution in [0.1, 0.15) is 5.56 Å². The molecule has 0 fully saturated rings. The molecular formula is C16H17NO5. The van der Waals surface area contributed by atoms with Gasteiger partial charge in [-0.25, -0.2) is 4.79 Å². The van der Waals surface area contributed by atoms with Crippen molar-refractivity contribution in [1.29, 1.82) is 5.26 Å².